The third kappa shape index (κ3) is 4.75. The van der Waals surface area contributed by atoms with Gasteiger partial charge in [-0.1, -0.05) is 24.8 Å². The smallest absolute Gasteiger partial charge is 0.271 e. The van der Waals surface area contributed by atoms with Crippen LogP contribution in [-0.2, 0) is 16.1 Å². The van der Waals surface area contributed by atoms with Crippen LogP contribution in [0.1, 0.15) is 25.0 Å². The van der Waals surface area contributed by atoms with Gasteiger partial charge in [0.05, 0.1) is 13.2 Å². The highest BCUT2D eigenvalue weighted by Gasteiger charge is 2.35. The molecule has 0 fully saturated rings. The van der Waals surface area contributed by atoms with E-state index in [2.05, 4.69) is 6.58 Å². The largest absolute Gasteiger partial charge is 0.490 e. The highest BCUT2D eigenvalue weighted by Crippen LogP contribution is 2.35. The van der Waals surface area contributed by atoms with Crippen LogP contribution in [0.2, 0.25) is 0 Å². The average molecular weight is 472 g/mol. The molecule has 0 unspecified atom stereocenters. The molecule has 0 aliphatic carbocycles. The van der Waals surface area contributed by atoms with E-state index in [9.17, 15) is 14.9 Å². The molecule has 0 radical (unpaired) electrons. The van der Waals surface area contributed by atoms with Crippen molar-refractivity contribution in [2.45, 2.75) is 20.4 Å². The van der Waals surface area contributed by atoms with Gasteiger partial charge in [0, 0.05) is 5.57 Å². The Morgan fingerprint density at radius 3 is 2.63 bits per heavy atom. The summed E-state index contributed by atoms with van der Waals surface area (Å²) < 4.78 is 22.0. The van der Waals surface area contributed by atoms with Crippen molar-refractivity contribution in [2.24, 2.45) is 0 Å². The highest BCUT2D eigenvalue weighted by molar-refractivity contribution is 6.19. The third-order valence-electron chi connectivity index (χ3n) is 5.54. The number of carbonyl (C=O) groups is 2. The number of ether oxygens (including phenoxy) is 4. The summed E-state index contributed by atoms with van der Waals surface area (Å²) in [5, 5.41) is 9.67. The Kier molecular flexibility index (Phi) is 6.88. The predicted molar refractivity (Wildman–Crippen MR) is 128 cm³/mol. The summed E-state index contributed by atoms with van der Waals surface area (Å²) in [5.41, 5.74) is 1.84. The maximum Gasteiger partial charge on any atom is 0.271 e. The van der Waals surface area contributed by atoms with Crippen LogP contribution < -0.4 is 18.9 Å². The van der Waals surface area contributed by atoms with E-state index in [0.717, 1.165) is 4.90 Å². The lowest BCUT2D eigenvalue weighted by Gasteiger charge is -2.27. The van der Waals surface area contributed by atoms with Gasteiger partial charge in [-0.3, -0.25) is 14.5 Å². The fraction of sp³-hybridized carbons (Fsp3) is 0.222. The summed E-state index contributed by atoms with van der Waals surface area (Å²) in [6.07, 6.45) is 3.28. The van der Waals surface area contributed by atoms with Crippen molar-refractivity contribution in [3.8, 4) is 29.1 Å². The Labute approximate surface area is 203 Å². The van der Waals surface area contributed by atoms with Gasteiger partial charge in [-0.05, 0) is 60.9 Å². The highest BCUT2D eigenvalue weighted by atomic mass is 16.7. The lowest BCUT2D eigenvalue weighted by molar-refractivity contribution is -0.141. The zero-order valence-electron chi connectivity index (χ0n) is 19.5. The summed E-state index contributed by atoms with van der Waals surface area (Å²) in [6.45, 7) is 7.97. The first-order valence-electron chi connectivity index (χ1n) is 11.0. The quantitative estimate of drug-likeness (QED) is 0.323. The Morgan fingerprint density at radius 2 is 1.89 bits per heavy atom. The Morgan fingerprint density at radius 1 is 1.09 bits per heavy atom. The van der Waals surface area contributed by atoms with Gasteiger partial charge in [-0.25, -0.2) is 0 Å². The van der Waals surface area contributed by atoms with Crippen molar-refractivity contribution in [3.63, 3.8) is 0 Å². The van der Waals surface area contributed by atoms with Crippen molar-refractivity contribution >= 4 is 17.9 Å². The van der Waals surface area contributed by atoms with Crippen molar-refractivity contribution in [3.05, 3.63) is 76.9 Å². The molecule has 4 rings (SSSR count). The van der Waals surface area contributed by atoms with Crippen molar-refractivity contribution in [1.82, 2.24) is 4.90 Å². The van der Waals surface area contributed by atoms with Crippen LogP contribution in [0.4, 0.5) is 0 Å². The van der Waals surface area contributed by atoms with Gasteiger partial charge in [-0.2, -0.15) is 5.26 Å². The van der Waals surface area contributed by atoms with Crippen LogP contribution in [-0.4, -0.2) is 36.7 Å². The summed E-state index contributed by atoms with van der Waals surface area (Å²) in [5.74, 6) is 1.09. The molecule has 2 aliphatic heterocycles. The molecule has 8 nitrogen and oxygen atoms in total. The molecule has 35 heavy (non-hydrogen) atoms. The molecule has 0 saturated carbocycles. The lowest BCUT2D eigenvalue weighted by Crippen LogP contribution is -2.42. The van der Waals surface area contributed by atoms with Crippen molar-refractivity contribution in [1.29, 1.82) is 5.26 Å². The predicted octanol–water partition coefficient (Wildman–Crippen LogP) is 4.17. The van der Waals surface area contributed by atoms with Crippen molar-refractivity contribution in [2.75, 3.05) is 20.0 Å². The second kappa shape index (κ2) is 10.2. The zero-order valence-corrected chi connectivity index (χ0v) is 19.5. The van der Waals surface area contributed by atoms with Crippen LogP contribution in [0.25, 0.3) is 6.08 Å². The number of benzene rings is 2. The minimum Gasteiger partial charge on any atom is -0.490 e. The molecule has 0 saturated heterocycles. The van der Waals surface area contributed by atoms with E-state index in [1.165, 1.54) is 0 Å². The minimum atomic E-state index is -0.631. The number of rotatable bonds is 8. The fourth-order valence-corrected chi connectivity index (χ4v) is 3.81. The van der Waals surface area contributed by atoms with Gasteiger partial charge >= 0.3 is 0 Å². The number of amides is 2. The first kappa shape index (κ1) is 23.6. The Bertz CT molecular complexity index is 1300. The lowest BCUT2D eigenvalue weighted by atomic mass is 9.93. The number of hydrogen-bond donors (Lipinski definition) is 0. The molecule has 2 aromatic rings. The van der Waals surface area contributed by atoms with Crippen molar-refractivity contribution < 1.29 is 28.5 Å². The molecular formula is C27H24N2O6. The molecule has 0 aromatic heterocycles. The summed E-state index contributed by atoms with van der Waals surface area (Å²) in [7, 11) is 0. The summed E-state index contributed by atoms with van der Waals surface area (Å²) in [6, 6.07) is 12.4. The molecule has 2 amide bonds. The van der Waals surface area contributed by atoms with E-state index in [1.54, 1.807) is 55.5 Å². The monoisotopic (exact) mass is 472 g/mol. The van der Waals surface area contributed by atoms with E-state index in [-0.39, 0.29) is 24.5 Å². The van der Waals surface area contributed by atoms with E-state index < -0.39 is 11.8 Å². The molecule has 178 valence electrons. The number of nitriles is 1. The van der Waals surface area contributed by atoms with Gasteiger partial charge in [0.1, 0.15) is 18.2 Å². The van der Waals surface area contributed by atoms with Gasteiger partial charge in [0.15, 0.2) is 23.0 Å². The molecule has 2 aromatic carbocycles. The van der Waals surface area contributed by atoms with E-state index >= 15 is 0 Å². The van der Waals surface area contributed by atoms with Crippen LogP contribution in [0.3, 0.4) is 0 Å². The second-order valence-electron chi connectivity index (χ2n) is 7.79. The van der Waals surface area contributed by atoms with Gasteiger partial charge in [-0.15, -0.1) is 0 Å². The van der Waals surface area contributed by atoms with Gasteiger partial charge in [0.25, 0.3) is 11.8 Å². The Hall–Kier alpha value is -4.51. The molecule has 0 atom stereocenters. The number of carbonyl (C=O) groups excluding carboxylic acids is 2. The third-order valence-corrected chi connectivity index (χ3v) is 5.54. The number of nitrogens with zero attached hydrogens (tertiary/aromatic N) is 2. The maximum atomic E-state index is 13.4. The molecule has 2 heterocycles. The fourth-order valence-electron chi connectivity index (χ4n) is 3.81. The second-order valence-corrected chi connectivity index (χ2v) is 7.79. The van der Waals surface area contributed by atoms with E-state index in [1.807, 2.05) is 13.0 Å². The number of hydrogen-bond acceptors (Lipinski definition) is 7. The molecule has 0 bridgehead atoms. The molecule has 0 N–H and O–H groups in total. The summed E-state index contributed by atoms with van der Waals surface area (Å²) in [4.78, 5) is 27.5. The normalized spacial score (nSPS) is 15.9. The molecule has 0 spiro atoms. The van der Waals surface area contributed by atoms with Crippen LogP contribution >= 0.6 is 0 Å². The number of imide groups is 1. The van der Waals surface area contributed by atoms with Gasteiger partial charge in [0.2, 0.25) is 6.79 Å². The Balaban J connectivity index is 1.69. The summed E-state index contributed by atoms with van der Waals surface area (Å²) >= 11 is 0. The SMILES string of the molecule is C=CCOc1ccc(/C=C2/C(=O)N(Cc3ccc4c(c3)OCO4)C(=O)C(C#N)=C2C)cc1OCC. The minimum absolute atomic E-state index is 0.0113. The van der Waals surface area contributed by atoms with Crippen LogP contribution in [0, 0.1) is 11.3 Å². The molecule has 2 aliphatic rings. The molecular weight excluding hydrogens is 448 g/mol. The topological polar surface area (TPSA) is 98.1 Å². The zero-order chi connectivity index (χ0) is 24.9. The van der Waals surface area contributed by atoms with Crippen LogP contribution in [0.15, 0.2) is 65.8 Å². The van der Waals surface area contributed by atoms with E-state index in [0.29, 0.717) is 52.9 Å². The van der Waals surface area contributed by atoms with Gasteiger partial charge < -0.3 is 18.9 Å². The first-order chi connectivity index (χ1) is 17.0. The standard InChI is InChI=1S/C27H24N2O6/c1-4-10-33-22-8-6-18(12-24(22)32-5-2)11-20-17(3)21(14-28)27(31)29(26(20)30)15-19-7-9-23-25(13-19)35-16-34-23/h4,6-9,11-13H,1,5,10,15-16H2,2-3H3/b20-11+. The maximum absolute atomic E-state index is 13.4. The van der Waals surface area contributed by atoms with Crippen LogP contribution in [0.5, 0.6) is 23.0 Å². The first-order valence-corrected chi connectivity index (χ1v) is 11.0. The molecule has 8 heteroatoms. The average Bonchev–Trinajstić information content (AvgIpc) is 3.32. The number of fused-ring (bicyclic) bond motifs is 1. The van der Waals surface area contributed by atoms with E-state index in [4.69, 9.17) is 18.9 Å².